The summed E-state index contributed by atoms with van der Waals surface area (Å²) in [7, 11) is 0. The van der Waals surface area contributed by atoms with Gasteiger partial charge in [0.2, 0.25) is 0 Å². The fraction of sp³-hybridized carbons (Fsp3) is 0.227. The molecule has 0 aliphatic carbocycles. The number of aromatic nitrogens is 3. The molecule has 0 aliphatic heterocycles. The van der Waals surface area contributed by atoms with Crippen molar-refractivity contribution in [1.29, 1.82) is 0 Å². The molecule has 0 spiro atoms. The molecule has 0 saturated heterocycles. The number of aryl methyl sites for hydroxylation is 2. The van der Waals surface area contributed by atoms with Gasteiger partial charge in [0.1, 0.15) is 18.3 Å². The third kappa shape index (κ3) is 4.33. The number of ether oxygens (including phenoxy) is 1. The second-order valence-corrected chi connectivity index (χ2v) is 7.86. The molecule has 4 rings (SSSR count). The minimum atomic E-state index is -0.516. The van der Waals surface area contributed by atoms with Gasteiger partial charge >= 0.3 is 6.09 Å². The summed E-state index contributed by atoms with van der Waals surface area (Å²) >= 11 is 1.37. The van der Waals surface area contributed by atoms with Crippen LogP contribution in [0, 0.1) is 6.92 Å². The lowest BCUT2D eigenvalue weighted by atomic mass is 10.1. The van der Waals surface area contributed by atoms with E-state index >= 15 is 0 Å². The average molecular weight is 425 g/mol. The molecule has 30 heavy (non-hydrogen) atoms. The molecule has 6 nitrogen and oxygen atoms in total. The van der Waals surface area contributed by atoms with Crippen molar-refractivity contribution in [2.45, 2.75) is 26.6 Å². The molecule has 0 atom stereocenters. The summed E-state index contributed by atoms with van der Waals surface area (Å²) in [5, 5.41) is 13.5. The molecule has 2 aromatic carbocycles. The number of nitrogens with zero attached hydrogens (tertiary/aromatic N) is 3. The summed E-state index contributed by atoms with van der Waals surface area (Å²) in [5.41, 5.74) is 3.84. The summed E-state index contributed by atoms with van der Waals surface area (Å²) in [6.45, 7) is 2.24. The van der Waals surface area contributed by atoms with Gasteiger partial charge in [0, 0.05) is 10.9 Å². The van der Waals surface area contributed by atoms with Crippen LogP contribution in [-0.4, -0.2) is 27.5 Å². The third-order valence-corrected chi connectivity index (χ3v) is 5.70. The summed E-state index contributed by atoms with van der Waals surface area (Å²) < 4.78 is 20.3. The number of alkyl halides is 1. The van der Waals surface area contributed by atoms with E-state index in [1.807, 2.05) is 66.1 Å². The van der Waals surface area contributed by atoms with Crippen LogP contribution >= 0.6 is 11.3 Å². The largest absolute Gasteiger partial charge is 0.445 e. The Labute approximate surface area is 177 Å². The molecule has 8 heteroatoms. The van der Waals surface area contributed by atoms with Crippen LogP contribution < -0.4 is 5.32 Å². The molecule has 2 aromatic heterocycles. The molecule has 2 heterocycles. The van der Waals surface area contributed by atoms with Gasteiger partial charge in [-0.3, -0.25) is 0 Å². The number of halogens is 1. The molecular weight excluding hydrogens is 403 g/mol. The Hall–Kier alpha value is -3.26. The first kappa shape index (κ1) is 20.0. The minimum Gasteiger partial charge on any atom is -0.445 e. The van der Waals surface area contributed by atoms with E-state index in [0.29, 0.717) is 10.0 Å². The number of fused-ring (bicyclic) bond motifs is 1. The standard InChI is InChI=1S/C22H21FN4O2S/c1-15-6-5-9-18-17(15)12-19(27(18)11-10-23)21-26-25-20(30-21)13-24-22(28)29-14-16-7-3-2-4-8-16/h2-9,12H,10-11,13-14H2,1H3,(H,24,28). The molecule has 154 valence electrons. The molecule has 0 bridgehead atoms. The Morgan fingerprint density at radius 2 is 2.00 bits per heavy atom. The highest BCUT2D eigenvalue weighted by Crippen LogP contribution is 2.31. The Morgan fingerprint density at radius 3 is 2.80 bits per heavy atom. The number of benzene rings is 2. The van der Waals surface area contributed by atoms with E-state index in [9.17, 15) is 9.18 Å². The van der Waals surface area contributed by atoms with Crippen molar-refractivity contribution in [3.63, 3.8) is 0 Å². The van der Waals surface area contributed by atoms with Crippen molar-refractivity contribution in [3.8, 4) is 10.7 Å². The zero-order valence-electron chi connectivity index (χ0n) is 16.5. The van der Waals surface area contributed by atoms with E-state index in [0.717, 1.165) is 27.7 Å². The molecule has 0 aliphatic rings. The lowest BCUT2D eigenvalue weighted by molar-refractivity contribution is 0.139. The van der Waals surface area contributed by atoms with Crippen LogP contribution in [0.25, 0.3) is 21.6 Å². The van der Waals surface area contributed by atoms with Crippen LogP contribution in [0.3, 0.4) is 0 Å². The Balaban J connectivity index is 1.44. The second-order valence-electron chi connectivity index (χ2n) is 6.79. The Morgan fingerprint density at radius 1 is 1.17 bits per heavy atom. The Bertz CT molecular complexity index is 1160. The van der Waals surface area contributed by atoms with Gasteiger partial charge in [-0.1, -0.05) is 53.8 Å². The maximum absolute atomic E-state index is 13.2. The van der Waals surface area contributed by atoms with Gasteiger partial charge in [-0.15, -0.1) is 10.2 Å². The van der Waals surface area contributed by atoms with E-state index in [1.165, 1.54) is 11.3 Å². The molecule has 1 N–H and O–H groups in total. The first-order chi connectivity index (χ1) is 14.7. The molecule has 4 aromatic rings. The van der Waals surface area contributed by atoms with E-state index in [-0.39, 0.29) is 19.7 Å². The number of hydrogen-bond donors (Lipinski definition) is 1. The van der Waals surface area contributed by atoms with Crippen LogP contribution in [0.15, 0.2) is 54.6 Å². The third-order valence-electron chi connectivity index (χ3n) is 4.75. The lowest BCUT2D eigenvalue weighted by Crippen LogP contribution is -2.23. The van der Waals surface area contributed by atoms with Crippen molar-refractivity contribution in [1.82, 2.24) is 20.1 Å². The number of alkyl carbamates (subject to hydrolysis) is 1. The second kappa shape index (κ2) is 9.04. The number of carbonyl (C=O) groups excluding carboxylic acids is 1. The molecule has 1 amide bonds. The quantitative estimate of drug-likeness (QED) is 0.460. The normalized spacial score (nSPS) is 11.0. The van der Waals surface area contributed by atoms with Crippen LogP contribution in [0.4, 0.5) is 9.18 Å². The SMILES string of the molecule is Cc1cccc2c1cc(-c1nnc(CNC(=O)OCc3ccccc3)s1)n2CCF. The van der Waals surface area contributed by atoms with E-state index in [2.05, 4.69) is 15.5 Å². The van der Waals surface area contributed by atoms with Gasteiger partial charge in [0.05, 0.1) is 18.8 Å². The van der Waals surface area contributed by atoms with Gasteiger partial charge < -0.3 is 14.6 Å². The van der Waals surface area contributed by atoms with E-state index in [1.54, 1.807) is 0 Å². The summed E-state index contributed by atoms with van der Waals surface area (Å²) in [6, 6.07) is 17.5. The average Bonchev–Trinajstić information content (AvgIpc) is 3.38. The lowest BCUT2D eigenvalue weighted by Gasteiger charge is -2.06. The highest BCUT2D eigenvalue weighted by atomic mass is 32.1. The van der Waals surface area contributed by atoms with Crippen LogP contribution in [0.2, 0.25) is 0 Å². The van der Waals surface area contributed by atoms with Crippen LogP contribution in [-0.2, 0) is 24.4 Å². The monoisotopic (exact) mass is 424 g/mol. The van der Waals surface area contributed by atoms with Crippen molar-refractivity contribution in [2.75, 3.05) is 6.67 Å². The first-order valence-corrected chi connectivity index (χ1v) is 10.4. The van der Waals surface area contributed by atoms with Gasteiger partial charge in [-0.25, -0.2) is 9.18 Å². The highest BCUT2D eigenvalue weighted by molar-refractivity contribution is 7.14. The van der Waals surface area contributed by atoms with Crippen molar-refractivity contribution < 1.29 is 13.9 Å². The van der Waals surface area contributed by atoms with Gasteiger partial charge in [-0.2, -0.15) is 0 Å². The number of carbonyl (C=O) groups is 1. The smallest absolute Gasteiger partial charge is 0.407 e. The van der Waals surface area contributed by atoms with Crippen LogP contribution in [0.5, 0.6) is 0 Å². The number of rotatable bonds is 7. The number of nitrogens with one attached hydrogen (secondary N) is 1. The van der Waals surface area contributed by atoms with Crippen molar-refractivity contribution >= 4 is 28.3 Å². The predicted octanol–water partition coefficient (Wildman–Crippen LogP) is 4.86. The van der Waals surface area contributed by atoms with Crippen LogP contribution in [0.1, 0.15) is 16.1 Å². The number of hydrogen-bond acceptors (Lipinski definition) is 5. The topological polar surface area (TPSA) is 69.0 Å². The van der Waals surface area contributed by atoms with Gasteiger partial charge in [-0.05, 0) is 30.2 Å². The van der Waals surface area contributed by atoms with Gasteiger partial charge in [0.15, 0.2) is 5.01 Å². The summed E-state index contributed by atoms with van der Waals surface area (Å²) in [4.78, 5) is 11.9. The predicted molar refractivity (Wildman–Crippen MR) is 115 cm³/mol. The number of amides is 1. The molecule has 0 radical (unpaired) electrons. The zero-order chi connectivity index (χ0) is 20.9. The highest BCUT2D eigenvalue weighted by Gasteiger charge is 2.16. The van der Waals surface area contributed by atoms with E-state index < -0.39 is 12.8 Å². The summed E-state index contributed by atoms with van der Waals surface area (Å²) in [6.07, 6.45) is -0.516. The minimum absolute atomic E-state index is 0.205. The fourth-order valence-corrected chi connectivity index (χ4v) is 4.09. The molecular formula is C22H21FN4O2S. The summed E-state index contributed by atoms with van der Waals surface area (Å²) in [5.74, 6) is 0. The maximum Gasteiger partial charge on any atom is 0.407 e. The maximum atomic E-state index is 13.2. The van der Waals surface area contributed by atoms with Crippen molar-refractivity contribution in [2.24, 2.45) is 0 Å². The van der Waals surface area contributed by atoms with E-state index in [4.69, 9.17) is 4.74 Å². The zero-order valence-corrected chi connectivity index (χ0v) is 17.3. The Kier molecular flexibility index (Phi) is 6.04. The first-order valence-electron chi connectivity index (χ1n) is 9.58. The molecule has 0 saturated carbocycles. The molecule has 0 fully saturated rings. The van der Waals surface area contributed by atoms with Gasteiger partial charge in [0.25, 0.3) is 0 Å². The fourth-order valence-electron chi connectivity index (χ4n) is 3.29. The molecule has 0 unspecified atom stereocenters. The van der Waals surface area contributed by atoms with Crippen molar-refractivity contribution in [3.05, 3.63) is 70.7 Å².